The molecule has 1 rings (SSSR count). The first-order valence-electron chi connectivity index (χ1n) is 6.09. The van der Waals surface area contributed by atoms with Crippen LogP contribution in [0.1, 0.15) is 19.8 Å². The maximum Gasteiger partial charge on any atom is 0.364 e. The normalized spacial score (nSPS) is 33.2. The van der Waals surface area contributed by atoms with Gasteiger partial charge in [0.05, 0.1) is 12.6 Å². The van der Waals surface area contributed by atoms with Crippen molar-refractivity contribution in [3.63, 3.8) is 0 Å². The topological polar surface area (TPSA) is 157 Å². The molecule has 0 aliphatic carbocycles. The van der Waals surface area contributed by atoms with Crippen molar-refractivity contribution < 1.29 is 39.9 Å². The Hall–Kier alpha value is -1.26. The standard InChI is InChI=1S/C11H19NO8/c1-5(14)12-6-2-3-11(19,10(17)18)20-9(6)8(16)7(15)4-13/h6-9,13,15-16,19H,2-4H2,1H3,(H,12,14)(H,17,18)/t6-,7-,8-,9-,11-/m1/s1. The Labute approximate surface area is 114 Å². The van der Waals surface area contributed by atoms with Gasteiger partial charge in [0.1, 0.15) is 18.3 Å². The Bertz CT molecular complexity index is 375. The fourth-order valence-corrected chi connectivity index (χ4v) is 2.09. The Morgan fingerprint density at radius 2 is 2.05 bits per heavy atom. The van der Waals surface area contributed by atoms with Crippen LogP contribution in [0.2, 0.25) is 0 Å². The number of rotatable bonds is 5. The molecule has 0 bridgehead atoms. The van der Waals surface area contributed by atoms with Crippen LogP contribution in [0.25, 0.3) is 0 Å². The number of carbonyl (C=O) groups excluding carboxylic acids is 1. The highest BCUT2D eigenvalue weighted by Gasteiger charge is 2.49. The van der Waals surface area contributed by atoms with Crippen LogP contribution in [0.15, 0.2) is 0 Å². The summed E-state index contributed by atoms with van der Waals surface area (Å²) < 4.78 is 4.95. The zero-order chi connectivity index (χ0) is 15.5. The number of carbonyl (C=O) groups is 2. The molecule has 0 saturated carbocycles. The lowest BCUT2D eigenvalue weighted by atomic mass is 9.91. The molecule has 0 aromatic rings. The summed E-state index contributed by atoms with van der Waals surface area (Å²) >= 11 is 0. The van der Waals surface area contributed by atoms with E-state index in [9.17, 15) is 24.9 Å². The molecule has 116 valence electrons. The van der Waals surface area contributed by atoms with Crippen molar-refractivity contribution in [2.24, 2.45) is 0 Å². The minimum atomic E-state index is -2.50. The van der Waals surface area contributed by atoms with Gasteiger partial charge in [-0.25, -0.2) is 4.79 Å². The number of carboxylic acid groups (broad SMARTS) is 1. The van der Waals surface area contributed by atoms with E-state index in [-0.39, 0.29) is 12.8 Å². The van der Waals surface area contributed by atoms with Crippen molar-refractivity contribution in [2.75, 3.05) is 6.61 Å². The summed E-state index contributed by atoms with van der Waals surface area (Å²) in [5, 5.41) is 49.2. The van der Waals surface area contributed by atoms with E-state index >= 15 is 0 Å². The predicted molar refractivity (Wildman–Crippen MR) is 63.4 cm³/mol. The number of ether oxygens (including phenoxy) is 1. The van der Waals surface area contributed by atoms with Gasteiger partial charge < -0.3 is 35.6 Å². The fourth-order valence-electron chi connectivity index (χ4n) is 2.09. The average Bonchev–Trinajstić information content (AvgIpc) is 2.38. The van der Waals surface area contributed by atoms with E-state index in [1.54, 1.807) is 0 Å². The maximum absolute atomic E-state index is 11.1. The number of nitrogens with one attached hydrogen (secondary N) is 1. The second-order valence-electron chi connectivity index (χ2n) is 4.76. The van der Waals surface area contributed by atoms with Gasteiger partial charge in [0, 0.05) is 13.3 Å². The Kier molecular flexibility index (Phi) is 5.42. The molecule has 0 unspecified atom stereocenters. The van der Waals surface area contributed by atoms with Gasteiger partial charge in [-0.3, -0.25) is 4.79 Å². The highest BCUT2D eigenvalue weighted by atomic mass is 16.7. The van der Waals surface area contributed by atoms with Crippen molar-refractivity contribution in [1.82, 2.24) is 5.32 Å². The molecule has 9 heteroatoms. The van der Waals surface area contributed by atoms with Gasteiger partial charge in [-0.1, -0.05) is 0 Å². The third-order valence-corrected chi connectivity index (χ3v) is 3.16. The largest absolute Gasteiger partial charge is 0.477 e. The lowest BCUT2D eigenvalue weighted by molar-refractivity contribution is -0.279. The quantitative estimate of drug-likeness (QED) is 0.316. The molecule has 5 atom stereocenters. The van der Waals surface area contributed by atoms with Crippen molar-refractivity contribution in [3.05, 3.63) is 0 Å². The Morgan fingerprint density at radius 3 is 2.50 bits per heavy atom. The second-order valence-corrected chi connectivity index (χ2v) is 4.76. The lowest BCUT2D eigenvalue weighted by Gasteiger charge is -2.42. The molecule has 0 spiro atoms. The minimum Gasteiger partial charge on any atom is -0.477 e. The zero-order valence-corrected chi connectivity index (χ0v) is 10.9. The molecule has 20 heavy (non-hydrogen) atoms. The fraction of sp³-hybridized carbons (Fsp3) is 0.818. The maximum atomic E-state index is 11.1. The van der Waals surface area contributed by atoms with Crippen LogP contribution < -0.4 is 5.32 Å². The number of aliphatic hydroxyl groups excluding tert-OH is 3. The molecule has 0 aromatic carbocycles. The van der Waals surface area contributed by atoms with E-state index in [0.29, 0.717) is 0 Å². The average molecular weight is 293 g/mol. The van der Waals surface area contributed by atoms with Gasteiger partial charge in [0.15, 0.2) is 0 Å². The monoisotopic (exact) mass is 293 g/mol. The van der Waals surface area contributed by atoms with Crippen LogP contribution in [0.3, 0.4) is 0 Å². The molecule has 9 nitrogen and oxygen atoms in total. The Balaban J connectivity index is 2.93. The molecule has 1 heterocycles. The van der Waals surface area contributed by atoms with Gasteiger partial charge in [0.25, 0.3) is 5.79 Å². The molecule has 1 amide bonds. The molecular weight excluding hydrogens is 274 g/mol. The molecule has 1 aliphatic rings. The lowest BCUT2D eigenvalue weighted by Crippen LogP contribution is -2.62. The predicted octanol–water partition coefficient (Wildman–Crippen LogP) is -2.84. The van der Waals surface area contributed by atoms with Crippen molar-refractivity contribution >= 4 is 11.9 Å². The van der Waals surface area contributed by atoms with Gasteiger partial charge in [0.2, 0.25) is 5.91 Å². The molecule has 6 N–H and O–H groups in total. The summed E-state index contributed by atoms with van der Waals surface area (Å²) in [6, 6.07) is -0.789. The van der Waals surface area contributed by atoms with Crippen molar-refractivity contribution in [3.8, 4) is 0 Å². The number of amides is 1. The van der Waals surface area contributed by atoms with Gasteiger partial charge in [-0.2, -0.15) is 0 Å². The Morgan fingerprint density at radius 1 is 1.45 bits per heavy atom. The SMILES string of the molecule is CC(=O)N[C@@H]1CC[C@](O)(C(=O)O)O[C@H]1[C@H](O)[C@H](O)CO. The summed E-state index contributed by atoms with van der Waals surface area (Å²) in [6.45, 7) is 0.448. The number of hydrogen-bond donors (Lipinski definition) is 6. The molecule has 1 aliphatic heterocycles. The van der Waals surface area contributed by atoms with Gasteiger partial charge >= 0.3 is 5.97 Å². The van der Waals surface area contributed by atoms with E-state index in [0.717, 1.165) is 0 Å². The number of hydrogen-bond acceptors (Lipinski definition) is 7. The highest BCUT2D eigenvalue weighted by Crippen LogP contribution is 2.30. The third kappa shape index (κ3) is 3.64. The zero-order valence-electron chi connectivity index (χ0n) is 10.9. The smallest absolute Gasteiger partial charge is 0.364 e. The van der Waals surface area contributed by atoms with Crippen LogP contribution in [0.4, 0.5) is 0 Å². The van der Waals surface area contributed by atoms with E-state index in [1.165, 1.54) is 6.92 Å². The summed E-state index contributed by atoms with van der Waals surface area (Å²) in [6.07, 6.45) is -4.88. The number of carboxylic acids is 1. The van der Waals surface area contributed by atoms with Crippen LogP contribution in [0, 0.1) is 0 Å². The van der Waals surface area contributed by atoms with E-state index in [1.807, 2.05) is 0 Å². The summed E-state index contributed by atoms with van der Waals surface area (Å²) in [5.41, 5.74) is 0. The molecule has 0 radical (unpaired) electrons. The minimum absolute atomic E-state index is 0.0300. The molecule has 1 fully saturated rings. The first kappa shape index (κ1) is 16.8. The van der Waals surface area contributed by atoms with E-state index in [4.69, 9.17) is 14.9 Å². The second kappa shape index (κ2) is 6.46. The number of aliphatic carboxylic acids is 1. The van der Waals surface area contributed by atoms with Crippen molar-refractivity contribution in [2.45, 2.75) is 49.9 Å². The first-order valence-corrected chi connectivity index (χ1v) is 6.09. The molecule has 0 aromatic heterocycles. The van der Waals surface area contributed by atoms with Crippen LogP contribution in [-0.2, 0) is 14.3 Å². The van der Waals surface area contributed by atoms with Gasteiger partial charge in [-0.05, 0) is 6.42 Å². The summed E-state index contributed by atoms with van der Waals surface area (Å²) in [7, 11) is 0. The van der Waals surface area contributed by atoms with E-state index in [2.05, 4.69) is 5.32 Å². The van der Waals surface area contributed by atoms with Crippen LogP contribution in [-0.4, -0.2) is 74.2 Å². The third-order valence-electron chi connectivity index (χ3n) is 3.16. The summed E-state index contributed by atoms with van der Waals surface area (Å²) in [5.74, 6) is -4.57. The molecular formula is C11H19NO8. The first-order chi connectivity index (χ1) is 9.21. The van der Waals surface area contributed by atoms with Crippen LogP contribution >= 0.6 is 0 Å². The number of aliphatic hydroxyl groups is 4. The highest BCUT2D eigenvalue weighted by molar-refractivity contribution is 5.76. The summed E-state index contributed by atoms with van der Waals surface area (Å²) in [4.78, 5) is 22.0. The van der Waals surface area contributed by atoms with Crippen molar-refractivity contribution in [1.29, 1.82) is 0 Å². The van der Waals surface area contributed by atoms with Gasteiger partial charge in [-0.15, -0.1) is 0 Å². The van der Waals surface area contributed by atoms with E-state index < -0.39 is 48.6 Å². The van der Waals surface area contributed by atoms with Crippen LogP contribution in [0.5, 0.6) is 0 Å². The molecule has 1 saturated heterocycles.